The highest BCUT2D eigenvalue weighted by Gasteiger charge is 2.14. The molecule has 0 spiro atoms. The zero-order valence-corrected chi connectivity index (χ0v) is 11.0. The van der Waals surface area contributed by atoms with Crippen molar-refractivity contribution in [3.63, 3.8) is 0 Å². The molecule has 2 rings (SSSR count). The Labute approximate surface area is 104 Å². The number of aromatic nitrogens is 3. The van der Waals surface area contributed by atoms with Crippen molar-refractivity contribution >= 4 is 0 Å². The first kappa shape index (κ1) is 12.6. The maximum Gasteiger partial charge on any atom is 0.140 e. The van der Waals surface area contributed by atoms with Crippen LogP contribution in [0.2, 0.25) is 0 Å². The van der Waals surface area contributed by atoms with Gasteiger partial charge in [-0.3, -0.25) is 0 Å². The first-order valence-electron chi connectivity index (χ1n) is 6.86. The number of nitrogens with one attached hydrogen (secondary N) is 1. The highest BCUT2D eigenvalue weighted by Crippen LogP contribution is 2.17. The molecular formula is C13H24N4. The fourth-order valence-corrected chi connectivity index (χ4v) is 2.47. The van der Waals surface area contributed by atoms with Crippen molar-refractivity contribution in [1.29, 1.82) is 0 Å². The second kappa shape index (κ2) is 6.15. The summed E-state index contributed by atoms with van der Waals surface area (Å²) in [6.07, 6.45) is 8.45. The van der Waals surface area contributed by atoms with Crippen LogP contribution < -0.4 is 5.32 Å². The van der Waals surface area contributed by atoms with E-state index in [0.29, 0.717) is 12.0 Å². The van der Waals surface area contributed by atoms with Crippen LogP contribution in [0.1, 0.15) is 51.8 Å². The lowest BCUT2D eigenvalue weighted by atomic mass is 9.95. The fourth-order valence-electron chi connectivity index (χ4n) is 2.47. The predicted molar refractivity (Wildman–Crippen MR) is 68.6 cm³/mol. The Kier molecular flexibility index (Phi) is 4.54. The summed E-state index contributed by atoms with van der Waals surface area (Å²) in [6, 6.07) is 0.688. The van der Waals surface area contributed by atoms with E-state index >= 15 is 0 Å². The molecule has 0 atom stereocenters. The third-order valence-electron chi connectivity index (χ3n) is 3.39. The van der Waals surface area contributed by atoms with Gasteiger partial charge in [0, 0.05) is 12.6 Å². The molecule has 0 aliphatic heterocycles. The van der Waals surface area contributed by atoms with E-state index in [0.717, 1.165) is 18.9 Å². The quantitative estimate of drug-likeness (QED) is 0.853. The standard InChI is InChI=1S/C13H24N4/c1-11(2)9-17-13(15-10-16-17)8-14-12-6-4-3-5-7-12/h10-12,14H,3-9H2,1-2H3. The summed E-state index contributed by atoms with van der Waals surface area (Å²) >= 11 is 0. The van der Waals surface area contributed by atoms with E-state index in [4.69, 9.17) is 0 Å². The zero-order valence-electron chi connectivity index (χ0n) is 11.0. The molecular weight excluding hydrogens is 212 g/mol. The van der Waals surface area contributed by atoms with Gasteiger partial charge in [-0.15, -0.1) is 0 Å². The first-order valence-corrected chi connectivity index (χ1v) is 6.86. The molecule has 1 fully saturated rings. The summed E-state index contributed by atoms with van der Waals surface area (Å²) in [5.41, 5.74) is 0. The van der Waals surface area contributed by atoms with Gasteiger partial charge in [0.2, 0.25) is 0 Å². The van der Waals surface area contributed by atoms with Gasteiger partial charge >= 0.3 is 0 Å². The molecule has 1 aromatic heterocycles. The van der Waals surface area contributed by atoms with E-state index in [1.165, 1.54) is 32.1 Å². The number of hydrogen-bond donors (Lipinski definition) is 1. The summed E-state index contributed by atoms with van der Waals surface area (Å²) in [4.78, 5) is 4.34. The Bertz CT molecular complexity index is 326. The third kappa shape index (κ3) is 3.80. The van der Waals surface area contributed by atoms with Crippen LogP contribution in [0.5, 0.6) is 0 Å². The summed E-state index contributed by atoms with van der Waals surface area (Å²) in [5, 5.41) is 7.90. The highest BCUT2D eigenvalue weighted by molar-refractivity contribution is 4.86. The molecule has 1 saturated carbocycles. The van der Waals surface area contributed by atoms with Gasteiger partial charge < -0.3 is 5.32 Å². The van der Waals surface area contributed by atoms with E-state index < -0.39 is 0 Å². The van der Waals surface area contributed by atoms with Crippen molar-refractivity contribution in [2.75, 3.05) is 0 Å². The number of rotatable bonds is 5. The van der Waals surface area contributed by atoms with E-state index in [1.54, 1.807) is 6.33 Å². The van der Waals surface area contributed by atoms with Crippen molar-refractivity contribution in [3.05, 3.63) is 12.2 Å². The maximum absolute atomic E-state index is 4.34. The van der Waals surface area contributed by atoms with Gasteiger partial charge in [-0.25, -0.2) is 9.67 Å². The molecule has 0 radical (unpaired) electrons. The molecule has 0 aromatic carbocycles. The smallest absolute Gasteiger partial charge is 0.140 e. The fraction of sp³-hybridized carbons (Fsp3) is 0.846. The Morgan fingerprint density at radius 1 is 1.35 bits per heavy atom. The monoisotopic (exact) mass is 236 g/mol. The van der Waals surface area contributed by atoms with Gasteiger partial charge in [0.05, 0.1) is 6.54 Å². The van der Waals surface area contributed by atoms with Gasteiger partial charge in [-0.1, -0.05) is 33.1 Å². The third-order valence-corrected chi connectivity index (χ3v) is 3.39. The lowest BCUT2D eigenvalue weighted by Crippen LogP contribution is -2.31. The lowest BCUT2D eigenvalue weighted by Gasteiger charge is -2.22. The van der Waals surface area contributed by atoms with Crippen molar-refractivity contribution in [2.45, 2.75) is 65.1 Å². The summed E-state index contributed by atoms with van der Waals surface area (Å²) in [7, 11) is 0. The lowest BCUT2D eigenvalue weighted by molar-refractivity contribution is 0.362. The largest absolute Gasteiger partial charge is 0.307 e. The van der Waals surface area contributed by atoms with Crippen LogP contribution in [0.4, 0.5) is 0 Å². The Balaban J connectivity index is 1.83. The van der Waals surface area contributed by atoms with Gasteiger partial charge in [0.1, 0.15) is 12.2 Å². The molecule has 4 heteroatoms. The van der Waals surface area contributed by atoms with Gasteiger partial charge in [-0.05, 0) is 18.8 Å². The van der Waals surface area contributed by atoms with E-state index in [-0.39, 0.29) is 0 Å². The second-order valence-corrected chi connectivity index (χ2v) is 5.47. The molecule has 96 valence electrons. The molecule has 0 amide bonds. The topological polar surface area (TPSA) is 42.7 Å². The molecule has 17 heavy (non-hydrogen) atoms. The van der Waals surface area contributed by atoms with Gasteiger partial charge in [-0.2, -0.15) is 5.10 Å². The molecule has 1 aliphatic carbocycles. The van der Waals surface area contributed by atoms with Crippen LogP contribution in [0.15, 0.2) is 6.33 Å². The van der Waals surface area contributed by atoms with Crippen LogP contribution in [0.3, 0.4) is 0 Å². The van der Waals surface area contributed by atoms with Gasteiger partial charge in [0.15, 0.2) is 0 Å². The molecule has 1 aliphatic rings. The number of hydrogen-bond acceptors (Lipinski definition) is 3. The highest BCUT2D eigenvalue weighted by atomic mass is 15.3. The van der Waals surface area contributed by atoms with Crippen LogP contribution >= 0.6 is 0 Å². The van der Waals surface area contributed by atoms with E-state index in [9.17, 15) is 0 Å². The predicted octanol–water partition coefficient (Wildman–Crippen LogP) is 2.36. The molecule has 1 heterocycles. The van der Waals surface area contributed by atoms with Crippen LogP contribution in [0.25, 0.3) is 0 Å². The minimum absolute atomic E-state index is 0.616. The molecule has 0 bridgehead atoms. The minimum Gasteiger partial charge on any atom is -0.307 e. The van der Waals surface area contributed by atoms with Crippen LogP contribution in [-0.4, -0.2) is 20.8 Å². The van der Waals surface area contributed by atoms with Crippen LogP contribution in [0, 0.1) is 5.92 Å². The Morgan fingerprint density at radius 2 is 2.12 bits per heavy atom. The molecule has 4 nitrogen and oxygen atoms in total. The molecule has 0 saturated heterocycles. The van der Waals surface area contributed by atoms with E-state index in [1.807, 2.05) is 4.68 Å². The van der Waals surface area contributed by atoms with Gasteiger partial charge in [0.25, 0.3) is 0 Å². The van der Waals surface area contributed by atoms with Crippen molar-refractivity contribution < 1.29 is 0 Å². The van der Waals surface area contributed by atoms with Crippen LogP contribution in [-0.2, 0) is 13.1 Å². The Morgan fingerprint density at radius 3 is 2.82 bits per heavy atom. The summed E-state index contributed by atoms with van der Waals surface area (Å²) in [6.45, 7) is 6.24. The average Bonchev–Trinajstić information content (AvgIpc) is 2.74. The molecule has 1 aromatic rings. The zero-order chi connectivity index (χ0) is 12.1. The normalized spacial score (nSPS) is 17.8. The second-order valence-electron chi connectivity index (χ2n) is 5.47. The average molecular weight is 236 g/mol. The van der Waals surface area contributed by atoms with E-state index in [2.05, 4.69) is 29.2 Å². The first-order chi connectivity index (χ1) is 8.25. The summed E-state index contributed by atoms with van der Waals surface area (Å²) < 4.78 is 2.03. The summed E-state index contributed by atoms with van der Waals surface area (Å²) in [5.74, 6) is 1.69. The molecule has 1 N–H and O–H groups in total. The van der Waals surface area contributed by atoms with Crippen molar-refractivity contribution in [1.82, 2.24) is 20.1 Å². The van der Waals surface area contributed by atoms with Crippen molar-refractivity contribution in [2.24, 2.45) is 5.92 Å². The van der Waals surface area contributed by atoms with Crippen molar-refractivity contribution in [3.8, 4) is 0 Å². The SMILES string of the molecule is CC(C)Cn1ncnc1CNC1CCCCC1. The maximum atomic E-state index is 4.34. The molecule has 0 unspecified atom stereocenters. The minimum atomic E-state index is 0.616. The Hall–Kier alpha value is -0.900. The number of nitrogens with zero attached hydrogens (tertiary/aromatic N) is 3.